The van der Waals surface area contributed by atoms with E-state index in [1.54, 1.807) is 17.5 Å². The lowest BCUT2D eigenvalue weighted by Crippen LogP contribution is -2.10. The molecular formula is C16H10FNO5S2. The number of benzene rings is 2. The zero-order chi connectivity index (χ0) is 18.0. The minimum absolute atomic E-state index is 0.0719. The van der Waals surface area contributed by atoms with E-state index in [-0.39, 0.29) is 21.9 Å². The third-order valence-electron chi connectivity index (χ3n) is 3.24. The molecule has 0 atom stereocenters. The summed E-state index contributed by atoms with van der Waals surface area (Å²) < 4.78 is 43.2. The average Bonchev–Trinajstić information content (AvgIpc) is 3.09. The van der Waals surface area contributed by atoms with E-state index in [9.17, 15) is 22.9 Å². The minimum Gasteiger partial charge on any atom is -0.378 e. The van der Waals surface area contributed by atoms with Gasteiger partial charge < -0.3 is 4.18 Å². The van der Waals surface area contributed by atoms with E-state index in [0.717, 1.165) is 18.2 Å². The Morgan fingerprint density at radius 1 is 1.08 bits per heavy atom. The van der Waals surface area contributed by atoms with Gasteiger partial charge in [-0.25, -0.2) is 4.39 Å². The van der Waals surface area contributed by atoms with Crippen LogP contribution in [0.3, 0.4) is 0 Å². The Morgan fingerprint density at radius 2 is 1.88 bits per heavy atom. The molecule has 6 nitrogen and oxygen atoms in total. The fourth-order valence-electron chi connectivity index (χ4n) is 2.12. The minimum atomic E-state index is -4.29. The molecule has 0 aliphatic carbocycles. The first-order chi connectivity index (χ1) is 11.9. The van der Waals surface area contributed by atoms with Gasteiger partial charge in [0.1, 0.15) is 10.7 Å². The molecule has 0 aliphatic rings. The number of nitro benzene ring substituents is 1. The summed E-state index contributed by atoms with van der Waals surface area (Å²) in [6.45, 7) is 0. The SMILES string of the molecule is O=[N+]([O-])c1ccc(OS(=O)(=O)c2cccc(F)c2)c(-c2cccs2)c1. The zero-order valence-corrected chi connectivity index (χ0v) is 14.1. The van der Waals surface area contributed by atoms with Crippen LogP contribution in [0, 0.1) is 15.9 Å². The van der Waals surface area contributed by atoms with Crippen molar-refractivity contribution in [2.45, 2.75) is 4.90 Å². The molecule has 128 valence electrons. The van der Waals surface area contributed by atoms with E-state index in [1.165, 1.54) is 35.6 Å². The Hall–Kier alpha value is -2.78. The number of hydrogen-bond acceptors (Lipinski definition) is 6. The maximum Gasteiger partial charge on any atom is 0.339 e. The van der Waals surface area contributed by atoms with Crippen LogP contribution in [0.2, 0.25) is 0 Å². The highest BCUT2D eigenvalue weighted by Gasteiger charge is 2.22. The summed E-state index contributed by atoms with van der Waals surface area (Å²) in [5.41, 5.74) is 0.0723. The molecule has 1 aromatic heterocycles. The number of rotatable bonds is 5. The smallest absolute Gasteiger partial charge is 0.339 e. The Kier molecular flexibility index (Phi) is 4.51. The standard InChI is InChI=1S/C16H10FNO5S2/c17-11-3-1-4-13(9-11)25(21,22)23-15-7-6-12(18(19)20)10-14(15)16-5-2-8-24-16/h1-10H. The van der Waals surface area contributed by atoms with Crippen LogP contribution >= 0.6 is 11.3 Å². The third kappa shape index (κ3) is 3.67. The predicted molar refractivity (Wildman–Crippen MR) is 90.6 cm³/mol. The third-order valence-corrected chi connectivity index (χ3v) is 5.38. The summed E-state index contributed by atoms with van der Waals surface area (Å²) in [7, 11) is -4.29. The van der Waals surface area contributed by atoms with Crippen LogP contribution in [-0.4, -0.2) is 13.3 Å². The Labute approximate surface area is 146 Å². The van der Waals surface area contributed by atoms with Crippen LogP contribution < -0.4 is 4.18 Å². The van der Waals surface area contributed by atoms with Gasteiger partial charge in [-0.3, -0.25) is 10.1 Å². The monoisotopic (exact) mass is 379 g/mol. The molecule has 0 spiro atoms. The number of thiophene rings is 1. The first kappa shape index (κ1) is 17.1. The quantitative estimate of drug-likeness (QED) is 0.376. The number of hydrogen-bond donors (Lipinski definition) is 0. The number of nitro groups is 1. The van der Waals surface area contributed by atoms with Gasteiger partial charge in [-0.15, -0.1) is 11.3 Å². The molecule has 25 heavy (non-hydrogen) atoms. The summed E-state index contributed by atoms with van der Waals surface area (Å²) in [6, 6.07) is 11.4. The second-order valence-electron chi connectivity index (χ2n) is 4.91. The van der Waals surface area contributed by atoms with Gasteiger partial charge >= 0.3 is 10.1 Å². The Bertz CT molecular complexity index is 1030. The van der Waals surface area contributed by atoms with E-state index in [4.69, 9.17) is 4.18 Å². The van der Waals surface area contributed by atoms with Gasteiger partial charge in [0.2, 0.25) is 0 Å². The van der Waals surface area contributed by atoms with Crippen molar-refractivity contribution in [1.82, 2.24) is 0 Å². The van der Waals surface area contributed by atoms with E-state index in [1.807, 2.05) is 0 Å². The topological polar surface area (TPSA) is 86.5 Å². The van der Waals surface area contributed by atoms with Gasteiger partial charge in [-0.2, -0.15) is 8.42 Å². The van der Waals surface area contributed by atoms with Crippen LogP contribution in [0.5, 0.6) is 5.75 Å². The second-order valence-corrected chi connectivity index (χ2v) is 7.40. The normalized spacial score (nSPS) is 11.2. The van der Waals surface area contributed by atoms with Gasteiger partial charge in [0.05, 0.1) is 4.92 Å². The van der Waals surface area contributed by atoms with Gasteiger partial charge in [0.25, 0.3) is 5.69 Å². The lowest BCUT2D eigenvalue weighted by Gasteiger charge is -2.11. The van der Waals surface area contributed by atoms with Crippen LogP contribution in [-0.2, 0) is 10.1 Å². The lowest BCUT2D eigenvalue weighted by molar-refractivity contribution is -0.384. The Balaban J connectivity index is 2.07. The number of halogens is 1. The van der Waals surface area contributed by atoms with Gasteiger partial charge in [-0.05, 0) is 35.7 Å². The Morgan fingerprint density at radius 3 is 2.52 bits per heavy atom. The molecule has 0 amide bonds. The van der Waals surface area contributed by atoms with E-state index in [2.05, 4.69) is 0 Å². The van der Waals surface area contributed by atoms with Gasteiger partial charge in [-0.1, -0.05) is 12.1 Å². The molecule has 0 saturated heterocycles. The molecule has 1 heterocycles. The zero-order valence-electron chi connectivity index (χ0n) is 12.5. The van der Waals surface area contributed by atoms with Gasteiger partial charge in [0.15, 0.2) is 5.75 Å². The van der Waals surface area contributed by atoms with Crippen LogP contribution in [0.15, 0.2) is 64.9 Å². The predicted octanol–water partition coefficient (Wildman–Crippen LogP) is 4.23. The van der Waals surface area contributed by atoms with E-state index < -0.39 is 20.9 Å². The molecule has 0 bridgehead atoms. The molecule has 3 aromatic rings. The lowest BCUT2D eigenvalue weighted by atomic mass is 10.1. The van der Waals surface area contributed by atoms with Crippen molar-refractivity contribution in [2.75, 3.05) is 0 Å². The van der Waals surface area contributed by atoms with E-state index >= 15 is 0 Å². The fraction of sp³-hybridized carbons (Fsp3) is 0. The van der Waals surface area contributed by atoms with Crippen molar-refractivity contribution in [1.29, 1.82) is 0 Å². The number of non-ortho nitro benzene ring substituents is 1. The summed E-state index contributed by atoms with van der Waals surface area (Å²) in [5, 5.41) is 12.7. The highest BCUT2D eigenvalue weighted by atomic mass is 32.2. The fourth-order valence-corrected chi connectivity index (χ4v) is 3.84. The number of nitrogens with zero attached hydrogens (tertiary/aromatic N) is 1. The van der Waals surface area contributed by atoms with Crippen molar-refractivity contribution < 1.29 is 21.9 Å². The molecule has 0 aliphatic heterocycles. The summed E-state index contributed by atoms with van der Waals surface area (Å²) in [6.07, 6.45) is 0. The van der Waals surface area contributed by atoms with Crippen LogP contribution in [0.4, 0.5) is 10.1 Å². The van der Waals surface area contributed by atoms with Gasteiger partial charge in [0, 0.05) is 22.6 Å². The molecule has 0 fully saturated rings. The van der Waals surface area contributed by atoms with Crippen LogP contribution in [0.25, 0.3) is 10.4 Å². The molecule has 2 aromatic carbocycles. The molecular weight excluding hydrogens is 369 g/mol. The van der Waals surface area contributed by atoms with Crippen molar-refractivity contribution in [3.63, 3.8) is 0 Å². The van der Waals surface area contributed by atoms with Crippen LogP contribution in [0.1, 0.15) is 0 Å². The molecule has 0 N–H and O–H groups in total. The molecule has 9 heteroatoms. The largest absolute Gasteiger partial charge is 0.378 e. The summed E-state index contributed by atoms with van der Waals surface area (Å²) >= 11 is 1.28. The highest BCUT2D eigenvalue weighted by Crippen LogP contribution is 2.37. The van der Waals surface area contributed by atoms with Crippen molar-refractivity contribution in [3.8, 4) is 16.2 Å². The first-order valence-electron chi connectivity index (χ1n) is 6.89. The average molecular weight is 379 g/mol. The molecule has 0 radical (unpaired) electrons. The molecule has 3 rings (SSSR count). The van der Waals surface area contributed by atoms with Crippen molar-refractivity contribution in [3.05, 3.63) is 75.9 Å². The van der Waals surface area contributed by atoms with E-state index in [0.29, 0.717) is 4.88 Å². The van der Waals surface area contributed by atoms with Crippen molar-refractivity contribution >= 4 is 27.1 Å². The summed E-state index contributed by atoms with van der Waals surface area (Å²) in [4.78, 5) is 10.7. The second kappa shape index (κ2) is 6.61. The highest BCUT2D eigenvalue weighted by molar-refractivity contribution is 7.87. The maximum absolute atomic E-state index is 13.3. The molecule has 0 unspecified atom stereocenters. The summed E-state index contributed by atoms with van der Waals surface area (Å²) in [5.74, 6) is -0.788. The van der Waals surface area contributed by atoms with Crippen molar-refractivity contribution in [2.24, 2.45) is 0 Å². The molecule has 0 saturated carbocycles. The maximum atomic E-state index is 13.3. The first-order valence-corrected chi connectivity index (χ1v) is 9.18.